The van der Waals surface area contributed by atoms with E-state index < -0.39 is 17.5 Å². The number of hydrogen-bond donors (Lipinski definition) is 3. The van der Waals surface area contributed by atoms with Gasteiger partial charge in [0, 0.05) is 11.5 Å². The van der Waals surface area contributed by atoms with Gasteiger partial charge < -0.3 is 10.4 Å². The van der Waals surface area contributed by atoms with Gasteiger partial charge >= 0.3 is 12.0 Å². The number of carboxylic acids is 1. The van der Waals surface area contributed by atoms with Crippen LogP contribution in [0.3, 0.4) is 0 Å². The molecule has 86 valence electrons. The first kappa shape index (κ1) is 10.8. The molecule has 16 heavy (non-hydrogen) atoms. The molecule has 0 spiro atoms. The Bertz CT molecular complexity index is 440. The summed E-state index contributed by atoms with van der Waals surface area (Å²) in [6.07, 6.45) is 0.926. The van der Waals surface area contributed by atoms with Gasteiger partial charge in [0.05, 0.1) is 0 Å². The SMILES string of the molecule is Cc1nsc(NC(=O)NC2(C(=O)O)CC2)n1. The van der Waals surface area contributed by atoms with Crippen molar-refractivity contribution in [3.05, 3.63) is 5.82 Å². The van der Waals surface area contributed by atoms with Gasteiger partial charge in [0.2, 0.25) is 5.13 Å². The molecule has 1 aliphatic rings. The van der Waals surface area contributed by atoms with E-state index in [0.29, 0.717) is 23.8 Å². The first-order chi connectivity index (χ1) is 7.52. The number of anilines is 1. The largest absolute Gasteiger partial charge is 0.480 e. The van der Waals surface area contributed by atoms with E-state index in [1.165, 1.54) is 0 Å². The number of urea groups is 1. The predicted octanol–water partition coefficient (Wildman–Crippen LogP) is 0.585. The molecular formula is C8H10N4O3S. The molecule has 1 fully saturated rings. The Morgan fingerprint density at radius 3 is 2.62 bits per heavy atom. The smallest absolute Gasteiger partial charge is 0.329 e. The minimum Gasteiger partial charge on any atom is -0.480 e. The lowest BCUT2D eigenvalue weighted by atomic mass is 10.3. The second-order valence-corrected chi connectivity index (χ2v) is 4.36. The molecule has 2 rings (SSSR count). The van der Waals surface area contributed by atoms with Crippen molar-refractivity contribution in [1.82, 2.24) is 14.7 Å². The third-order valence-corrected chi connectivity index (χ3v) is 2.98. The number of carboxylic acid groups (broad SMARTS) is 1. The van der Waals surface area contributed by atoms with E-state index in [-0.39, 0.29) is 0 Å². The lowest BCUT2D eigenvalue weighted by Crippen LogP contribution is -2.45. The average molecular weight is 242 g/mol. The van der Waals surface area contributed by atoms with Crippen molar-refractivity contribution in [2.45, 2.75) is 25.3 Å². The number of amides is 2. The van der Waals surface area contributed by atoms with Crippen LogP contribution in [0.15, 0.2) is 0 Å². The molecule has 0 unspecified atom stereocenters. The maximum atomic E-state index is 11.4. The number of aryl methyl sites for hydroxylation is 1. The zero-order chi connectivity index (χ0) is 11.8. The van der Waals surface area contributed by atoms with Crippen molar-refractivity contribution >= 4 is 28.7 Å². The second-order valence-electron chi connectivity index (χ2n) is 3.61. The highest BCUT2D eigenvalue weighted by Gasteiger charge is 2.51. The Balaban J connectivity index is 1.92. The first-order valence-corrected chi connectivity index (χ1v) is 5.42. The minimum absolute atomic E-state index is 0.358. The standard InChI is InChI=1S/C8H10N4O3S/c1-4-9-7(16-12-4)10-6(15)11-8(2-3-8)5(13)14/h2-3H2,1H3,(H,13,14)(H2,9,10,11,12,15). The first-order valence-electron chi connectivity index (χ1n) is 4.65. The molecule has 0 aliphatic heterocycles. The van der Waals surface area contributed by atoms with Crippen molar-refractivity contribution in [2.24, 2.45) is 0 Å². The number of carbonyl (C=O) groups is 2. The van der Waals surface area contributed by atoms with Crippen LogP contribution in [0.4, 0.5) is 9.93 Å². The summed E-state index contributed by atoms with van der Waals surface area (Å²) in [5.74, 6) is -0.434. The highest BCUT2D eigenvalue weighted by atomic mass is 32.1. The molecule has 0 bridgehead atoms. The van der Waals surface area contributed by atoms with E-state index in [1.54, 1.807) is 6.92 Å². The van der Waals surface area contributed by atoms with Gasteiger partial charge in [-0.15, -0.1) is 0 Å². The summed E-state index contributed by atoms with van der Waals surface area (Å²) in [5.41, 5.74) is -1.08. The van der Waals surface area contributed by atoms with Crippen molar-refractivity contribution in [2.75, 3.05) is 5.32 Å². The zero-order valence-corrected chi connectivity index (χ0v) is 9.30. The number of nitrogens with one attached hydrogen (secondary N) is 2. The summed E-state index contributed by atoms with van der Waals surface area (Å²) in [7, 11) is 0. The summed E-state index contributed by atoms with van der Waals surface area (Å²) in [5, 5.41) is 14.1. The van der Waals surface area contributed by atoms with Crippen LogP contribution in [0.1, 0.15) is 18.7 Å². The minimum atomic E-state index is -1.08. The van der Waals surface area contributed by atoms with Gasteiger partial charge in [-0.25, -0.2) is 14.6 Å². The molecule has 0 saturated heterocycles. The molecule has 0 aromatic carbocycles. The van der Waals surface area contributed by atoms with Crippen LogP contribution in [0.25, 0.3) is 0 Å². The third-order valence-electron chi connectivity index (χ3n) is 2.26. The monoisotopic (exact) mass is 242 g/mol. The molecule has 1 aromatic heterocycles. The summed E-state index contributed by atoms with van der Waals surface area (Å²) in [6, 6.07) is -0.559. The molecular weight excluding hydrogens is 232 g/mol. The fourth-order valence-corrected chi connectivity index (χ4v) is 1.78. The Kier molecular flexibility index (Phi) is 2.50. The van der Waals surface area contributed by atoms with E-state index in [1.807, 2.05) is 0 Å². The third kappa shape index (κ3) is 2.11. The Morgan fingerprint density at radius 1 is 1.50 bits per heavy atom. The molecule has 1 aliphatic carbocycles. The Hall–Kier alpha value is -1.70. The van der Waals surface area contributed by atoms with Gasteiger partial charge in [0.15, 0.2) is 0 Å². The molecule has 7 nitrogen and oxygen atoms in total. The van der Waals surface area contributed by atoms with Crippen LogP contribution in [0.2, 0.25) is 0 Å². The fraction of sp³-hybridized carbons (Fsp3) is 0.500. The van der Waals surface area contributed by atoms with Gasteiger partial charge in [0.1, 0.15) is 11.4 Å². The Morgan fingerprint density at radius 2 is 2.19 bits per heavy atom. The van der Waals surface area contributed by atoms with Crippen molar-refractivity contribution in [3.63, 3.8) is 0 Å². The van der Waals surface area contributed by atoms with Crippen LogP contribution in [-0.4, -0.2) is 32.0 Å². The maximum absolute atomic E-state index is 11.4. The topological polar surface area (TPSA) is 104 Å². The van der Waals surface area contributed by atoms with Crippen LogP contribution in [0, 0.1) is 6.92 Å². The van der Waals surface area contributed by atoms with Gasteiger partial charge in [-0.2, -0.15) is 4.37 Å². The van der Waals surface area contributed by atoms with Gasteiger partial charge in [-0.3, -0.25) is 5.32 Å². The van der Waals surface area contributed by atoms with Crippen LogP contribution in [0.5, 0.6) is 0 Å². The Labute approximate surface area is 95.1 Å². The van der Waals surface area contributed by atoms with E-state index in [2.05, 4.69) is 20.0 Å². The second kappa shape index (κ2) is 3.71. The normalized spacial score (nSPS) is 16.6. The van der Waals surface area contributed by atoms with E-state index >= 15 is 0 Å². The predicted molar refractivity (Wildman–Crippen MR) is 56.4 cm³/mol. The number of hydrogen-bond acceptors (Lipinski definition) is 5. The number of carbonyl (C=O) groups excluding carboxylic acids is 1. The molecule has 1 saturated carbocycles. The lowest BCUT2D eigenvalue weighted by molar-refractivity contribution is -0.140. The fourth-order valence-electron chi connectivity index (χ4n) is 1.21. The van der Waals surface area contributed by atoms with Crippen LogP contribution in [-0.2, 0) is 4.79 Å². The lowest BCUT2D eigenvalue weighted by Gasteiger charge is -2.11. The molecule has 3 N–H and O–H groups in total. The average Bonchev–Trinajstić information content (AvgIpc) is 2.85. The highest BCUT2D eigenvalue weighted by molar-refractivity contribution is 7.09. The molecule has 2 amide bonds. The van der Waals surface area contributed by atoms with Crippen molar-refractivity contribution in [3.8, 4) is 0 Å². The summed E-state index contributed by atoms with van der Waals surface area (Å²) in [6.45, 7) is 1.71. The van der Waals surface area contributed by atoms with E-state index in [0.717, 1.165) is 11.5 Å². The maximum Gasteiger partial charge on any atom is 0.329 e. The van der Waals surface area contributed by atoms with E-state index in [9.17, 15) is 9.59 Å². The van der Waals surface area contributed by atoms with Gasteiger partial charge in [0.25, 0.3) is 0 Å². The zero-order valence-electron chi connectivity index (χ0n) is 8.48. The van der Waals surface area contributed by atoms with Crippen molar-refractivity contribution < 1.29 is 14.7 Å². The quantitative estimate of drug-likeness (QED) is 0.719. The van der Waals surface area contributed by atoms with Crippen molar-refractivity contribution in [1.29, 1.82) is 0 Å². The molecule has 8 heteroatoms. The number of aromatic nitrogens is 2. The highest BCUT2D eigenvalue weighted by Crippen LogP contribution is 2.35. The number of nitrogens with zero attached hydrogens (tertiary/aromatic N) is 2. The van der Waals surface area contributed by atoms with Crippen LogP contribution < -0.4 is 10.6 Å². The number of aliphatic carboxylic acids is 1. The van der Waals surface area contributed by atoms with Crippen LogP contribution >= 0.6 is 11.5 Å². The molecule has 1 heterocycles. The summed E-state index contributed by atoms with van der Waals surface area (Å²) < 4.78 is 3.89. The molecule has 1 aromatic rings. The molecule has 0 radical (unpaired) electrons. The summed E-state index contributed by atoms with van der Waals surface area (Å²) >= 11 is 1.05. The van der Waals surface area contributed by atoms with Gasteiger partial charge in [-0.1, -0.05) is 0 Å². The molecule has 0 atom stereocenters. The van der Waals surface area contributed by atoms with Gasteiger partial charge in [-0.05, 0) is 19.8 Å². The van der Waals surface area contributed by atoms with E-state index in [4.69, 9.17) is 5.11 Å². The number of rotatable bonds is 3. The summed E-state index contributed by atoms with van der Waals surface area (Å²) in [4.78, 5) is 26.2.